The van der Waals surface area contributed by atoms with Gasteiger partial charge in [0, 0.05) is 17.5 Å². The minimum Gasteiger partial charge on any atom is -0.248 e. The largest absolute Gasteiger partial charge is 0.248 e. The van der Waals surface area contributed by atoms with Crippen LogP contribution in [0.15, 0.2) is 53.6 Å². The maximum Gasteiger partial charge on any atom is 0.241 e. The van der Waals surface area contributed by atoms with E-state index in [2.05, 4.69) is 34.0 Å². The summed E-state index contributed by atoms with van der Waals surface area (Å²) in [4.78, 5) is 5.44. The third kappa shape index (κ3) is 4.55. The van der Waals surface area contributed by atoms with Gasteiger partial charge in [-0.1, -0.05) is 29.8 Å². The van der Waals surface area contributed by atoms with Crippen molar-refractivity contribution < 1.29 is 12.8 Å². The second-order valence-corrected chi connectivity index (χ2v) is 9.05. The maximum absolute atomic E-state index is 13.2. The van der Waals surface area contributed by atoms with Gasteiger partial charge in [0.05, 0.1) is 11.4 Å². The fraction of sp³-hybridized carbons (Fsp3) is 0.211. The number of hydrogen-bond donors (Lipinski definition) is 1. The summed E-state index contributed by atoms with van der Waals surface area (Å²) < 4.78 is 40.5. The summed E-state index contributed by atoms with van der Waals surface area (Å²) in [6.07, 6.45) is 2.54. The third-order valence-electron chi connectivity index (χ3n) is 3.94. The molecular formula is C19H19FN2O2S2. The number of benzene rings is 2. The highest BCUT2D eigenvalue weighted by atomic mass is 32.2. The van der Waals surface area contributed by atoms with E-state index in [0.717, 1.165) is 17.4 Å². The van der Waals surface area contributed by atoms with Gasteiger partial charge in [-0.15, -0.1) is 11.3 Å². The van der Waals surface area contributed by atoms with Crippen LogP contribution in [0.25, 0.3) is 0 Å². The molecule has 136 valence electrons. The number of rotatable bonds is 6. The SMILES string of the molecule is Cc1ccc(Cc2cnc(CNS(=O)(=O)c3ccc(F)cc3C)s2)cc1. The fourth-order valence-electron chi connectivity index (χ4n) is 2.57. The predicted octanol–water partition coefficient (Wildman–Crippen LogP) is 3.97. The van der Waals surface area contributed by atoms with E-state index in [1.165, 1.54) is 34.6 Å². The monoisotopic (exact) mass is 390 g/mol. The molecule has 7 heteroatoms. The van der Waals surface area contributed by atoms with Crippen LogP contribution in [0.4, 0.5) is 4.39 Å². The zero-order valence-electron chi connectivity index (χ0n) is 14.5. The summed E-state index contributed by atoms with van der Waals surface area (Å²) in [5, 5.41) is 0.690. The lowest BCUT2D eigenvalue weighted by molar-refractivity contribution is 0.579. The van der Waals surface area contributed by atoms with E-state index in [4.69, 9.17) is 0 Å². The lowest BCUT2D eigenvalue weighted by Gasteiger charge is -2.08. The zero-order valence-corrected chi connectivity index (χ0v) is 16.1. The van der Waals surface area contributed by atoms with Crippen LogP contribution >= 0.6 is 11.3 Å². The molecule has 0 amide bonds. The molecule has 0 aliphatic carbocycles. The standard InChI is InChI=1S/C19H19FN2O2S2/c1-13-3-5-15(6-4-13)10-17-11-21-19(25-17)12-22-26(23,24)18-8-7-16(20)9-14(18)2/h3-9,11,22H,10,12H2,1-2H3. The highest BCUT2D eigenvalue weighted by molar-refractivity contribution is 7.89. The van der Waals surface area contributed by atoms with Gasteiger partial charge in [0.15, 0.2) is 0 Å². The van der Waals surface area contributed by atoms with Crippen molar-refractivity contribution in [3.8, 4) is 0 Å². The van der Waals surface area contributed by atoms with Gasteiger partial charge in [0.1, 0.15) is 10.8 Å². The van der Waals surface area contributed by atoms with Gasteiger partial charge >= 0.3 is 0 Å². The van der Waals surface area contributed by atoms with Gasteiger partial charge < -0.3 is 0 Å². The first-order valence-electron chi connectivity index (χ1n) is 8.08. The minimum absolute atomic E-state index is 0.0790. The van der Waals surface area contributed by atoms with Gasteiger partial charge in [-0.3, -0.25) is 0 Å². The Morgan fingerprint density at radius 1 is 1.12 bits per heavy atom. The summed E-state index contributed by atoms with van der Waals surface area (Å²) in [5.41, 5.74) is 2.77. The number of nitrogens with one attached hydrogen (secondary N) is 1. The summed E-state index contributed by atoms with van der Waals surface area (Å²) in [7, 11) is -3.71. The molecule has 0 saturated heterocycles. The molecule has 0 fully saturated rings. The molecular weight excluding hydrogens is 371 g/mol. The Balaban J connectivity index is 1.66. The molecule has 1 heterocycles. The highest BCUT2D eigenvalue weighted by Crippen LogP contribution is 2.20. The number of sulfonamides is 1. The third-order valence-corrected chi connectivity index (χ3v) is 6.50. The molecule has 0 atom stereocenters. The Hall–Kier alpha value is -2.09. The van der Waals surface area contributed by atoms with Crippen LogP contribution in [0.5, 0.6) is 0 Å². The quantitative estimate of drug-likeness (QED) is 0.693. The van der Waals surface area contributed by atoms with E-state index in [0.29, 0.717) is 10.6 Å². The second kappa shape index (κ2) is 7.65. The van der Waals surface area contributed by atoms with Crippen LogP contribution < -0.4 is 4.72 Å². The van der Waals surface area contributed by atoms with Crippen LogP contribution in [0, 0.1) is 19.7 Å². The first kappa shape index (κ1) is 18.7. The lowest BCUT2D eigenvalue weighted by atomic mass is 10.1. The Bertz CT molecular complexity index is 1010. The van der Waals surface area contributed by atoms with Crippen LogP contribution in [0.1, 0.15) is 26.6 Å². The van der Waals surface area contributed by atoms with Crippen LogP contribution in [-0.4, -0.2) is 13.4 Å². The zero-order chi connectivity index (χ0) is 18.7. The van der Waals surface area contributed by atoms with Gasteiger partial charge in [0.2, 0.25) is 10.0 Å². The van der Waals surface area contributed by atoms with E-state index >= 15 is 0 Å². The molecule has 0 aliphatic rings. The van der Waals surface area contributed by atoms with Gasteiger partial charge in [-0.05, 0) is 43.2 Å². The van der Waals surface area contributed by atoms with Crippen LogP contribution in [0.2, 0.25) is 0 Å². The molecule has 2 aromatic carbocycles. The van der Waals surface area contributed by atoms with Crippen molar-refractivity contribution in [3.63, 3.8) is 0 Å². The van der Waals surface area contributed by atoms with Gasteiger partial charge in [0.25, 0.3) is 0 Å². The molecule has 4 nitrogen and oxygen atoms in total. The molecule has 0 bridgehead atoms. The molecule has 0 spiro atoms. The summed E-state index contributed by atoms with van der Waals surface area (Å²) in [6, 6.07) is 11.9. The summed E-state index contributed by atoms with van der Waals surface area (Å²) in [5.74, 6) is -0.456. The summed E-state index contributed by atoms with van der Waals surface area (Å²) >= 11 is 1.48. The Kier molecular flexibility index (Phi) is 5.50. The molecule has 1 N–H and O–H groups in total. The number of thiazole rings is 1. The highest BCUT2D eigenvalue weighted by Gasteiger charge is 2.17. The lowest BCUT2D eigenvalue weighted by Crippen LogP contribution is -2.24. The molecule has 3 aromatic rings. The smallest absolute Gasteiger partial charge is 0.241 e. The van der Waals surface area contributed by atoms with Gasteiger partial charge in [-0.25, -0.2) is 22.5 Å². The first-order valence-corrected chi connectivity index (χ1v) is 10.4. The Labute approximate surface area is 156 Å². The first-order chi connectivity index (χ1) is 12.3. The van der Waals surface area contributed by atoms with Crippen molar-refractivity contribution in [2.45, 2.75) is 31.7 Å². The fourth-order valence-corrected chi connectivity index (χ4v) is 4.77. The average Bonchev–Trinajstić information content (AvgIpc) is 3.02. The van der Waals surface area contributed by atoms with Crippen LogP contribution in [0.3, 0.4) is 0 Å². The van der Waals surface area contributed by atoms with Gasteiger partial charge in [-0.2, -0.15) is 0 Å². The normalized spacial score (nSPS) is 11.7. The van der Waals surface area contributed by atoms with Crippen LogP contribution in [-0.2, 0) is 23.0 Å². The second-order valence-electron chi connectivity index (χ2n) is 6.12. The molecule has 0 aliphatic heterocycles. The summed E-state index contributed by atoms with van der Waals surface area (Å²) in [6.45, 7) is 3.72. The average molecular weight is 391 g/mol. The van der Waals surface area contributed by atoms with E-state index in [-0.39, 0.29) is 11.4 Å². The van der Waals surface area contributed by atoms with E-state index < -0.39 is 15.8 Å². The number of halogens is 1. The van der Waals surface area contributed by atoms with Crippen molar-refractivity contribution in [2.24, 2.45) is 0 Å². The Morgan fingerprint density at radius 2 is 1.85 bits per heavy atom. The van der Waals surface area contributed by atoms with Crippen molar-refractivity contribution in [3.05, 3.63) is 81.1 Å². The molecule has 0 saturated carbocycles. The molecule has 3 rings (SSSR count). The molecule has 1 aromatic heterocycles. The number of nitrogens with zero attached hydrogens (tertiary/aromatic N) is 1. The van der Waals surface area contributed by atoms with Crippen molar-refractivity contribution in [1.82, 2.24) is 9.71 Å². The van der Waals surface area contributed by atoms with Crippen molar-refractivity contribution in [2.75, 3.05) is 0 Å². The van der Waals surface area contributed by atoms with Crippen molar-refractivity contribution >= 4 is 21.4 Å². The number of hydrogen-bond acceptors (Lipinski definition) is 4. The van der Waals surface area contributed by atoms with E-state index in [1.54, 1.807) is 13.1 Å². The number of aryl methyl sites for hydroxylation is 2. The predicted molar refractivity (Wildman–Crippen MR) is 101 cm³/mol. The topological polar surface area (TPSA) is 59.1 Å². The Morgan fingerprint density at radius 3 is 2.54 bits per heavy atom. The molecule has 26 heavy (non-hydrogen) atoms. The van der Waals surface area contributed by atoms with E-state index in [9.17, 15) is 12.8 Å². The molecule has 0 unspecified atom stereocenters. The maximum atomic E-state index is 13.2. The van der Waals surface area contributed by atoms with Crippen molar-refractivity contribution in [1.29, 1.82) is 0 Å². The minimum atomic E-state index is -3.71. The molecule has 0 radical (unpaired) electrons. The number of aromatic nitrogens is 1. The van der Waals surface area contributed by atoms with E-state index in [1.807, 2.05) is 6.92 Å².